The Morgan fingerprint density at radius 3 is 3.10 bits per heavy atom. The number of aliphatic hydroxyl groups is 1. The second kappa shape index (κ2) is 4.97. The second-order valence-corrected chi connectivity index (χ2v) is 6.41. The Hall–Kier alpha value is -1.65. The van der Waals surface area contributed by atoms with E-state index in [1.807, 2.05) is 12.3 Å². The molecule has 2 heterocycles. The van der Waals surface area contributed by atoms with Crippen molar-refractivity contribution in [2.75, 3.05) is 0 Å². The van der Waals surface area contributed by atoms with Crippen molar-refractivity contribution in [3.8, 4) is 5.69 Å². The maximum Gasteiger partial charge on any atom is 0.0942 e. The lowest BCUT2D eigenvalue weighted by Crippen LogP contribution is -2.11. The van der Waals surface area contributed by atoms with E-state index in [1.165, 1.54) is 5.69 Å². The van der Waals surface area contributed by atoms with E-state index in [2.05, 4.69) is 55.9 Å². The Balaban J connectivity index is 1.95. The molecular formula is C17H15BrN2O. The van der Waals surface area contributed by atoms with Crippen LogP contribution in [-0.2, 0) is 6.42 Å². The van der Waals surface area contributed by atoms with Gasteiger partial charge in [0.25, 0.3) is 0 Å². The van der Waals surface area contributed by atoms with E-state index >= 15 is 0 Å². The first-order valence-electron chi connectivity index (χ1n) is 7.17. The van der Waals surface area contributed by atoms with Gasteiger partial charge in [-0.1, -0.05) is 12.1 Å². The summed E-state index contributed by atoms with van der Waals surface area (Å²) in [4.78, 5) is 4.57. The van der Waals surface area contributed by atoms with Crippen molar-refractivity contribution in [1.29, 1.82) is 0 Å². The third-order valence-electron chi connectivity index (χ3n) is 4.19. The van der Waals surface area contributed by atoms with Crippen molar-refractivity contribution in [3.63, 3.8) is 0 Å². The molecule has 0 saturated heterocycles. The molecule has 1 unspecified atom stereocenters. The first kappa shape index (κ1) is 13.0. The summed E-state index contributed by atoms with van der Waals surface area (Å²) < 4.78 is 3.16. The zero-order chi connectivity index (χ0) is 14.4. The zero-order valence-corrected chi connectivity index (χ0v) is 13.0. The van der Waals surface area contributed by atoms with E-state index in [9.17, 15) is 5.11 Å². The average molecular weight is 343 g/mol. The fourth-order valence-corrected chi connectivity index (χ4v) is 3.55. The molecule has 0 spiro atoms. The molecule has 0 saturated carbocycles. The molecule has 1 atom stereocenters. The predicted octanol–water partition coefficient (Wildman–Crippen LogP) is 4.16. The Morgan fingerprint density at radius 1 is 1.29 bits per heavy atom. The minimum Gasteiger partial charge on any atom is -0.388 e. The molecule has 106 valence electrons. The van der Waals surface area contributed by atoms with Crippen molar-refractivity contribution >= 4 is 26.8 Å². The number of aliphatic hydroxyl groups excluding tert-OH is 1. The average Bonchev–Trinajstić information content (AvgIpc) is 2.91. The van der Waals surface area contributed by atoms with Crippen LogP contribution in [0.4, 0.5) is 0 Å². The molecule has 0 fully saturated rings. The van der Waals surface area contributed by atoms with E-state index in [1.54, 1.807) is 0 Å². The first-order chi connectivity index (χ1) is 10.2. The molecule has 0 amide bonds. The largest absolute Gasteiger partial charge is 0.388 e. The third kappa shape index (κ3) is 2.10. The lowest BCUT2D eigenvalue weighted by atomic mass is 9.95. The highest BCUT2D eigenvalue weighted by Gasteiger charge is 2.22. The summed E-state index contributed by atoms with van der Waals surface area (Å²) in [6.07, 6.45) is 6.45. The molecule has 1 aliphatic carbocycles. The van der Waals surface area contributed by atoms with Crippen LogP contribution >= 0.6 is 15.9 Å². The third-order valence-corrected chi connectivity index (χ3v) is 4.63. The molecule has 1 N–H and O–H groups in total. The smallest absolute Gasteiger partial charge is 0.0942 e. The van der Waals surface area contributed by atoms with E-state index in [-0.39, 0.29) is 6.10 Å². The summed E-state index contributed by atoms with van der Waals surface area (Å²) in [6, 6.07) is 10.3. The van der Waals surface area contributed by atoms with Gasteiger partial charge < -0.3 is 9.67 Å². The highest BCUT2D eigenvalue weighted by molar-refractivity contribution is 9.10. The molecule has 3 nitrogen and oxygen atoms in total. The normalized spacial score (nSPS) is 17.9. The van der Waals surface area contributed by atoms with Gasteiger partial charge in [0.1, 0.15) is 0 Å². The molecule has 0 aliphatic heterocycles. The summed E-state index contributed by atoms with van der Waals surface area (Å²) in [5.74, 6) is 0. The molecule has 4 rings (SSSR count). The van der Waals surface area contributed by atoms with E-state index in [0.29, 0.717) is 0 Å². The number of para-hydroxylation sites is 1. The number of halogens is 1. The van der Waals surface area contributed by atoms with Crippen LogP contribution in [0.3, 0.4) is 0 Å². The summed E-state index contributed by atoms with van der Waals surface area (Å²) in [5.41, 5.74) is 4.34. The Morgan fingerprint density at radius 2 is 2.19 bits per heavy atom. The molecule has 21 heavy (non-hydrogen) atoms. The maximum absolute atomic E-state index is 10.1. The quantitative estimate of drug-likeness (QED) is 0.721. The number of aromatic nitrogens is 2. The van der Waals surface area contributed by atoms with E-state index in [4.69, 9.17) is 0 Å². The fraction of sp³-hybridized carbons (Fsp3) is 0.235. The molecular weight excluding hydrogens is 328 g/mol. The fourth-order valence-electron chi connectivity index (χ4n) is 3.20. The summed E-state index contributed by atoms with van der Waals surface area (Å²) in [5, 5.41) is 11.2. The van der Waals surface area contributed by atoms with Crippen LogP contribution in [0, 0.1) is 0 Å². The molecule has 0 radical (unpaired) electrons. The van der Waals surface area contributed by atoms with Gasteiger partial charge in [-0.2, -0.15) is 0 Å². The van der Waals surface area contributed by atoms with Crippen LogP contribution in [0.15, 0.2) is 47.2 Å². The van der Waals surface area contributed by atoms with E-state index < -0.39 is 0 Å². The van der Waals surface area contributed by atoms with Crippen LogP contribution < -0.4 is 0 Å². The van der Waals surface area contributed by atoms with Gasteiger partial charge in [0.05, 0.1) is 17.3 Å². The Labute approximate surface area is 131 Å². The number of rotatable bonds is 1. The standard InChI is InChI=1S/C17H15BrN2O/c18-12-9-11-3-1-5-15(17(11)19-10-12)20-8-7-13-14(20)4-2-6-16(13)21/h1,3,5,7-10,16,21H,2,4,6H2. The van der Waals surface area contributed by atoms with Gasteiger partial charge in [-0.05, 0) is 53.4 Å². The van der Waals surface area contributed by atoms with Crippen LogP contribution in [0.5, 0.6) is 0 Å². The minimum atomic E-state index is -0.327. The monoisotopic (exact) mass is 342 g/mol. The number of hydrogen-bond acceptors (Lipinski definition) is 2. The molecule has 4 heteroatoms. The topological polar surface area (TPSA) is 38.0 Å². The first-order valence-corrected chi connectivity index (χ1v) is 7.96. The van der Waals surface area contributed by atoms with Crippen LogP contribution in [0.25, 0.3) is 16.6 Å². The number of fused-ring (bicyclic) bond motifs is 2. The number of pyridine rings is 1. The van der Waals surface area contributed by atoms with Crippen molar-refractivity contribution in [2.24, 2.45) is 0 Å². The zero-order valence-electron chi connectivity index (χ0n) is 11.5. The summed E-state index contributed by atoms with van der Waals surface area (Å²) >= 11 is 3.47. The SMILES string of the molecule is OC1CCCc2c1ccn2-c1cccc2cc(Br)cnc12. The van der Waals surface area contributed by atoms with Crippen LogP contribution in [0.2, 0.25) is 0 Å². The lowest BCUT2D eigenvalue weighted by molar-refractivity contribution is 0.156. The lowest BCUT2D eigenvalue weighted by Gasteiger charge is -2.20. The van der Waals surface area contributed by atoms with Gasteiger partial charge in [0.15, 0.2) is 0 Å². The van der Waals surface area contributed by atoms with Crippen molar-refractivity contribution in [2.45, 2.75) is 25.4 Å². The number of nitrogens with zero attached hydrogens (tertiary/aromatic N) is 2. The van der Waals surface area contributed by atoms with Gasteiger partial charge in [-0.3, -0.25) is 4.98 Å². The van der Waals surface area contributed by atoms with Gasteiger partial charge in [-0.25, -0.2) is 0 Å². The Kier molecular flexibility index (Phi) is 3.08. The van der Waals surface area contributed by atoms with E-state index in [0.717, 1.165) is 45.9 Å². The summed E-state index contributed by atoms with van der Waals surface area (Å²) in [7, 11) is 0. The summed E-state index contributed by atoms with van der Waals surface area (Å²) in [6.45, 7) is 0. The minimum absolute atomic E-state index is 0.327. The van der Waals surface area contributed by atoms with Gasteiger partial charge in [0.2, 0.25) is 0 Å². The second-order valence-electron chi connectivity index (χ2n) is 5.50. The number of hydrogen-bond donors (Lipinski definition) is 1. The van der Waals surface area contributed by atoms with Gasteiger partial charge in [0, 0.05) is 33.5 Å². The highest BCUT2D eigenvalue weighted by Crippen LogP contribution is 2.33. The van der Waals surface area contributed by atoms with Gasteiger partial charge >= 0.3 is 0 Å². The molecule has 0 bridgehead atoms. The van der Waals surface area contributed by atoms with Gasteiger partial charge in [-0.15, -0.1) is 0 Å². The molecule has 1 aromatic carbocycles. The number of benzene rings is 1. The predicted molar refractivity (Wildman–Crippen MR) is 86.7 cm³/mol. The highest BCUT2D eigenvalue weighted by atomic mass is 79.9. The maximum atomic E-state index is 10.1. The van der Waals surface area contributed by atoms with Crippen molar-refractivity contribution in [3.05, 3.63) is 58.5 Å². The molecule has 1 aliphatic rings. The van der Waals surface area contributed by atoms with Crippen LogP contribution in [-0.4, -0.2) is 14.7 Å². The molecule has 3 aromatic rings. The molecule has 2 aromatic heterocycles. The van der Waals surface area contributed by atoms with Crippen LogP contribution in [0.1, 0.15) is 30.2 Å². The van der Waals surface area contributed by atoms with Crippen molar-refractivity contribution in [1.82, 2.24) is 9.55 Å². The Bertz CT molecular complexity index is 825. The van der Waals surface area contributed by atoms with Crippen molar-refractivity contribution < 1.29 is 5.11 Å².